The number of aromatic nitrogens is 3. The fourth-order valence-electron chi connectivity index (χ4n) is 2.43. The highest BCUT2D eigenvalue weighted by atomic mass is 32.1. The van der Waals surface area contributed by atoms with E-state index in [1.165, 1.54) is 5.56 Å². The molecule has 0 aliphatic heterocycles. The van der Waals surface area contributed by atoms with Gasteiger partial charge in [0.2, 0.25) is 0 Å². The molecule has 21 heavy (non-hydrogen) atoms. The van der Waals surface area contributed by atoms with Crippen molar-refractivity contribution < 1.29 is 5.11 Å². The van der Waals surface area contributed by atoms with Gasteiger partial charge in [0, 0.05) is 29.4 Å². The molecule has 0 aromatic carbocycles. The first-order valence-corrected chi connectivity index (χ1v) is 8.18. The number of rotatable bonds is 7. The molecule has 2 N–H and O–H groups in total. The largest absolute Gasteiger partial charge is 0.394 e. The molecule has 2 heterocycles. The van der Waals surface area contributed by atoms with Crippen molar-refractivity contribution in [3.63, 3.8) is 0 Å². The van der Waals surface area contributed by atoms with E-state index in [1.807, 2.05) is 23.2 Å². The number of nitrogens with zero attached hydrogens (tertiary/aromatic N) is 3. The SMILES string of the molecule is CCC(C)(NCc1c(C)nn(CCO)c1C)c1nccs1. The standard InChI is InChI=1S/C15H24N4OS/c1-5-15(4,14-16-6-9-21-14)17-10-13-11(2)18-19(7-8-20)12(13)3/h6,9,17,20H,5,7-8,10H2,1-4H3. The molecule has 0 spiro atoms. The third kappa shape index (κ3) is 3.33. The predicted octanol–water partition coefficient (Wildman–Crippen LogP) is 2.36. The van der Waals surface area contributed by atoms with Crippen LogP contribution >= 0.6 is 11.3 Å². The topological polar surface area (TPSA) is 63.0 Å². The predicted molar refractivity (Wildman–Crippen MR) is 85.4 cm³/mol. The van der Waals surface area contributed by atoms with Gasteiger partial charge in [0.05, 0.1) is 24.4 Å². The van der Waals surface area contributed by atoms with Gasteiger partial charge >= 0.3 is 0 Å². The number of hydrogen-bond donors (Lipinski definition) is 2. The number of hydrogen-bond acceptors (Lipinski definition) is 5. The lowest BCUT2D eigenvalue weighted by Gasteiger charge is -2.27. The number of thiazole rings is 1. The van der Waals surface area contributed by atoms with Crippen LogP contribution in [0.5, 0.6) is 0 Å². The Balaban J connectivity index is 2.15. The van der Waals surface area contributed by atoms with Crippen LogP contribution in [0, 0.1) is 13.8 Å². The zero-order valence-electron chi connectivity index (χ0n) is 13.2. The molecule has 0 bridgehead atoms. The Kier molecular flexibility index (Phi) is 5.13. The lowest BCUT2D eigenvalue weighted by Crippen LogP contribution is -2.38. The lowest BCUT2D eigenvalue weighted by atomic mass is 9.99. The molecule has 116 valence electrons. The van der Waals surface area contributed by atoms with Crippen molar-refractivity contribution in [3.05, 3.63) is 33.5 Å². The van der Waals surface area contributed by atoms with Crippen LogP contribution in [0.15, 0.2) is 11.6 Å². The highest BCUT2D eigenvalue weighted by Crippen LogP contribution is 2.27. The molecule has 1 unspecified atom stereocenters. The Morgan fingerprint density at radius 2 is 2.19 bits per heavy atom. The van der Waals surface area contributed by atoms with Crippen LogP contribution in [-0.4, -0.2) is 26.5 Å². The second-order valence-electron chi connectivity index (χ2n) is 5.47. The highest BCUT2D eigenvalue weighted by molar-refractivity contribution is 7.09. The van der Waals surface area contributed by atoms with E-state index in [2.05, 4.69) is 36.2 Å². The van der Waals surface area contributed by atoms with Crippen LogP contribution in [0.25, 0.3) is 0 Å². The van der Waals surface area contributed by atoms with Gasteiger partial charge in [0.15, 0.2) is 0 Å². The number of aryl methyl sites for hydroxylation is 1. The summed E-state index contributed by atoms with van der Waals surface area (Å²) in [5.74, 6) is 0. The van der Waals surface area contributed by atoms with Crippen molar-refractivity contribution in [2.75, 3.05) is 6.61 Å². The van der Waals surface area contributed by atoms with E-state index < -0.39 is 0 Å². The molecular weight excluding hydrogens is 284 g/mol. The second kappa shape index (κ2) is 6.68. The van der Waals surface area contributed by atoms with E-state index in [1.54, 1.807) is 11.3 Å². The maximum absolute atomic E-state index is 9.08. The fraction of sp³-hybridized carbons (Fsp3) is 0.600. The van der Waals surface area contributed by atoms with E-state index in [4.69, 9.17) is 5.11 Å². The van der Waals surface area contributed by atoms with Gasteiger partial charge in [-0.15, -0.1) is 11.3 Å². The van der Waals surface area contributed by atoms with Gasteiger partial charge in [-0.1, -0.05) is 6.92 Å². The average Bonchev–Trinajstić information content (AvgIpc) is 3.08. The summed E-state index contributed by atoms with van der Waals surface area (Å²) in [6, 6.07) is 0. The summed E-state index contributed by atoms with van der Waals surface area (Å²) >= 11 is 1.68. The van der Waals surface area contributed by atoms with Crippen molar-refractivity contribution in [2.24, 2.45) is 0 Å². The number of nitrogens with one attached hydrogen (secondary N) is 1. The van der Waals surface area contributed by atoms with E-state index in [0.29, 0.717) is 6.54 Å². The molecule has 5 nitrogen and oxygen atoms in total. The molecule has 0 saturated carbocycles. The summed E-state index contributed by atoms with van der Waals surface area (Å²) in [5.41, 5.74) is 3.23. The summed E-state index contributed by atoms with van der Waals surface area (Å²) in [5, 5.41) is 20.3. The van der Waals surface area contributed by atoms with Gasteiger partial charge in [0.25, 0.3) is 0 Å². The lowest BCUT2D eigenvalue weighted by molar-refractivity contribution is 0.267. The van der Waals surface area contributed by atoms with Gasteiger partial charge < -0.3 is 10.4 Å². The quantitative estimate of drug-likeness (QED) is 0.824. The molecule has 0 fully saturated rings. The molecule has 0 saturated heterocycles. The third-order valence-corrected chi connectivity index (χ3v) is 5.15. The summed E-state index contributed by atoms with van der Waals surface area (Å²) in [7, 11) is 0. The van der Waals surface area contributed by atoms with Crippen molar-refractivity contribution in [3.8, 4) is 0 Å². The first-order valence-electron chi connectivity index (χ1n) is 7.30. The minimum atomic E-state index is -0.119. The zero-order valence-corrected chi connectivity index (χ0v) is 14.0. The molecule has 0 radical (unpaired) electrons. The molecule has 0 aliphatic carbocycles. The normalized spacial score (nSPS) is 14.3. The van der Waals surface area contributed by atoms with Crippen LogP contribution in [0.4, 0.5) is 0 Å². The van der Waals surface area contributed by atoms with Crippen molar-refractivity contribution in [1.82, 2.24) is 20.1 Å². The minimum Gasteiger partial charge on any atom is -0.394 e. The van der Waals surface area contributed by atoms with Gasteiger partial charge in [0.1, 0.15) is 5.01 Å². The molecule has 6 heteroatoms. The number of aliphatic hydroxyl groups excluding tert-OH is 1. The molecule has 2 aromatic rings. The van der Waals surface area contributed by atoms with Gasteiger partial charge in [-0.25, -0.2) is 4.98 Å². The van der Waals surface area contributed by atoms with Crippen LogP contribution in [0.1, 0.15) is 42.2 Å². The zero-order chi connectivity index (χ0) is 15.5. The van der Waals surface area contributed by atoms with Crippen LogP contribution in [-0.2, 0) is 18.6 Å². The van der Waals surface area contributed by atoms with Crippen molar-refractivity contribution >= 4 is 11.3 Å². The summed E-state index contributed by atoms with van der Waals surface area (Å²) in [4.78, 5) is 4.45. The Hall–Kier alpha value is -1.24. The Labute approximate surface area is 130 Å². The average molecular weight is 308 g/mol. The Morgan fingerprint density at radius 3 is 2.76 bits per heavy atom. The van der Waals surface area contributed by atoms with Crippen molar-refractivity contribution in [2.45, 2.75) is 52.7 Å². The van der Waals surface area contributed by atoms with E-state index in [0.717, 1.165) is 29.4 Å². The summed E-state index contributed by atoms with van der Waals surface area (Å²) in [6.07, 6.45) is 2.83. The van der Waals surface area contributed by atoms with Crippen LogP contribution in [0.2, 0.25) is 0 Å². The van der Waals surface area contributed by atoms with Crippen LogP contribution < -0.4 is 5.32 Å². The second-order valence-corrected chi connectivity index (χ2v) is 6.37. The minimum absolute atomic E-state index is 0.112. The first kappa shape index (κ1) is 16.1. The fourth-order valence-corrected chi connectivity index (χ4v) is 3.28. The monoisotopic (exact) mass is 308 g/mol. The van der Waals surface area contributed by atoms with E-state index >= 15 is 0 Å². The smallest absolute Gasteiger partial charge is 0.112 e. The number of aliphatic hydroxyl groups is 1. The molecule has 2 rings (SSSR count). The third-order valence-electron chi connectivity index (χ3n) is 4.11. The van der Waals surface area contributed by atoms with E-state index in [9.17, 15) is 0 Å². The Morgan fingerprint density at radius 1 is 1.43 bits per heavy atom. The van der Waals surface area contributed by atoms with Crippen molar-refractivity contribution in [1.29, 1.82) is 0 Å². The maximum atomic E-state index is 9.08. The molecule has 0 aliphatic rings. The molecular formula is C15H24N4OS. The van der Waals surface area contributed by atoms with E-state index in [-0.39, 0.29) is 12.1 Å². The summed E-state index contributed by atoms with van der Waals surface area (Å²) in [6.45, 7) is 9.85. The molecule has 2 aromatic heterocycles. The van der Waals surface area contributed by atoms with Gasteiger partial charge in [-0.2, -0.15) is 5.10 Å². The summed E-state index contributed by atoms with van der Waals surface area (Å²) < 4.78 is 1.87. The molecule has 1 atom stereocenters. The highest BCUT2D eigenvalue weighted by Gasteiger charge is 2.27. The Bertz CT molecular complexity index is 579. The van der Waals surface area contributed by atoms with Crippen LogP contribution in [0.3, 0.4) is 0 Å². The molecule has 0 amide bonds. The first-order chi connectivity index (χ1) is 10.0. The van der Waals surface area contributed by atoms with Gasteiger partial charge in [-0.05, 0) is 27.2 Å². The van der Waals surface area contributed by atoms with Gasteiger partial charge in [-0.3, -0.25) is 4.68 Å². The maximum Gasteiger partial charge on any atom is 0.112 e.